The van der Waals surface area contributed by atoms with Crippen LogP contribution in [-0.4, -0.2) is 11.1 Å². The van der Waals surface area contributed by atoms with Crippen molar-refractivity contribution in [3.8, 4) is 0 Å². The summed E-state index contributed by atoms with van der Waals surface area (Å²) in [6, 6.07) is 10.9. The van der Waals surface area contributed by atoms with Gasteiger partial charge in [0.2, 0.25) is 0 Å². The minimum atomic E-state index is -0.955. The number of rotatable bonds is 3. The van der Waals surface area contributed by atoms with Crippen LogP contribution in [0.1, 0.15) is 10.4 Å². The number of aliphatic carboxylic acids is 1. The second-order valence-electron chi connectivity index (χ2n) is 3.38. The lowest BCUT2D eigenvalue weighted by molar-refractivity contribution is -0.131. The Bertz CT molecular complexity index is 541. The lowest BCUT2D eigenvalue weighted by Crippen LogP contribution is -1.92. The molecule has 86 valence electrons. The predicted molar refractivity (Wildman–Crippen MR) is 70.5 cm³/mol. The van der Waals surface area contributed by atoms with Crippen molar-refractivity contribution in [1.82, 2.24) is 0 Å². The van der Waals surface area contributed by atoms with Gasteiger partial charge in [0.25, 0.3) is 0 Å². The first kappa shape index (κ1) is 11.9. The van der Waals surface area contributed by atoms with Crippen molar-refractivity contribution in [2.45, 2.75) is 0 Å². The molecular formula is C13H9ClO2S. The number of hydrogen-bond acceptors (Lipinski definition) is 2. The number of carboxylic acids is 1. The van der Waals surface area contributed by atoms with E-state index in [2.05, 4.69) is 0 Å². The average molecular weight is 265 g/mol. The second-order valence-corrected chi connectivity index (χ2v) is 4.76. The van der Waals surface area contributed by atoms with Crippen LogP contribution in [0.4, 0.5) is 0 Å². The Hall–Kier alpha value is -1.58. The van der Waals surface area contributed by atoms with E-state index in [0.29, 0.717) is 10.6 Å². The van der Waals surface area contributed by atoms with E-state index in [-0.39, 0.29) is 0 Å². The summed E-state index contributed by atoms with van der Waals surface area (Å²) in [6.45, 7) is 0. The van der Waals surface area contributed by atoms with E-state index in [1.807, 2.05) is 29.6 Å². The molecule has 0 saturated heterocycles. The molecule has 0 amide bonds. The summed E-state index contributed by atoms with van der Waals surface area (Å²) in [7, 11) is 0. The number of halogens is 1. The van der Waals surface area contributed by atoms with E-state index in [1.165, 1.54) is 17.4 Å². The molecule has 1 aromatic heterocycles. The molecule has 0 aliphatic heterocycles. The van der Waals surface area contributed by atoms with Crippen molar-refractivity contribution < 1.29 is 9.90 Å². The molecule has 0 aliphatic rings. The summed E-state index contributed by atoms with van der Waals surface area (Å²) >= 11 is 7.32. The zero-order chi connectivity index (χ0) is 12.3. The van der Waals surface area contributed by atoms with Crippen molar-refractivity contribution in [1.29, 1.82) is 0 Å². The first-order valence-corrected chi connectivity index (χ1v) is 6.17. The highest BCUT2D eigenvalue weighted by molar-refractivity contribution is 7.11. The number of hydrogen-bond donors (Lipinski definition) is 1. The molecule has 1 aromatic carbocycles. The van der Waals surface area contributed by atoms with Gasteiger partial charge in [0.05, 0.1) is 0 Å². The van der Waals surface area contributed by atoms with E-state index >= 15 is 0 Å². The molecule has 0 radical (unpaired) electrons. The quantitative estimate of drug-likeness (QED) is 0.853. The molecule has 0 fully saturated rings. The fourth-order valence-electron chi connectivity index (χ4n) is 1.48. The van der Waals surface area contributed by atoms with Gasteiger partial charge in [-0.3, -0.25) is 0 Å². The van der Waals surface area contributed by atoms with E-state index in [9.17, 15) is 4.79 Å². The number of thiophene rings is 1. The van der Waals surface area contributed by atoms with Crippen LogP contribution < -0.4 is 0 Å². The minimum Gasteiger partial charge on any atom is -0.478 e. The Morgan fingerprint density at radius 2 is 1.94 bits per heavy atom. The summed E-state index contributed by atoms with van der Waals surface area (Å²) in [5.41, 5.74) is 1.54. The number of carboxylic acid groups (broad SMARTS) is 1. The molecule has 4 heteroatoms. The van der Waals surface area contributed by atoms with Gasteiger partial charge in [0.15, 0.2) is 0 Å². The maximum Gasteiger partial charge on any atom is 0.328 e. The number of carbonyl (C=O) groups is 1. The molecule has 0 aliphatic carbocycles. The van der Waals surface area contributed by atoms with Gasteiger partial charge in [-0.15, -0.1) is 11.3 Å². The normalized spacial score (nSPS) is 11.5. The van der Waals surface area contributed by atoms with E-state index in [0.717, 1.165) is 10.4 Å². The zero-order valence-electron chi connectivity index (χ0n) is 8.76. The van der Waals surface area contributed by atoms with Gasteiger partial charge in [-0.2, -0.15) is 0 Å². The lowest BCUT2D eigenvalue weighted by Gasteiger charge is -2.04. The monoisotopic (exact) mass is 264 g/mol. The maximum atomic E-state index is 10.8. The molecular weight excluding hydrogens is 256 g/mol. The molecule has 1 heterocycles. The van der Waals surface area contributed by atoms with Gasteiger partial charge < -0.3 is 5.11 Å². The summed E-state index contributed by atoms with van der Waals surface area (Å²) in [5, 5.41) is 11.5. The molecule has 0 atom stereocenters. The van der Waals surface area contributed by atoms with Crippen LogP contribution in [0, 0.1) is 0 Å². The molecule has 0 spiro atoms. The fourth-order valence-corrected chi connectivity index (χ4v) is 2.37. The second kappa shape index (κ2) is 5.17. The van der Waals surface area contributed by atoms with Gasteiger partial charge in [0.1, 0.15) is 0 Å². The smallest absolute Gasteiger partial charge is 0.328 e. The van der Waals surface area contributed by atoms with Crippen LogP contribution in [-0.2, 0) is 4.79 Å². The van der Waals surface area contributed by atoms with Crippen molar-refractivity contribution in [2.75, 3.05) is 0 Å². The molecule has 2 aromatic rings. The Morgan fingerprint density at radius 3 is 2.47 bits per heavy atom. The third-order valence-corrected chi connectivity index (χ3v) is 3.36. The van der Waals surface area contributed by atoms with Gasteiger partial charge >= 0.3 is 5.97 Å². The van der Waals surface area contributed by atoms with Crippen LogP contribution in [0.15, 0.2) is 47.9 Å². The summed E-state index contributed by atoms with van der Waals surface area (Å²) in [4.78, 5) is 11.8. The van der Waals surface area contributed by atoms with Crippen molar-refractivity contribution in [3.05, 3.63) is 63.3 Å². The molecule has 2 rings (SSSR count). The first-order chi connectivity index (χ1) is 8.16. The Labute approximate surface area is 108 Å². The Morgan fingerprint density at radius 1 is 1.24 bits per heavy atom. The lowest BCUT2D eigenvalue weighted by atomic mass is 10.0. The van der Waals surface area contributed by atoms with Crippen molar-refractivity contribution >= 4 is 34.5 Å². The predicted octanol–water partition coefficient (Wildman–Crippen LogP) is 3.92. The standard InChI is InChI=1S/C13H9ClO2S/c14-10-5-3-9(4-6-10)11(8-13(15)16)12-2-1-7-17-12/h1-8H,(H,15,16)/b11-8+. The van der Waals surface area contributed by atoms with E-state index in [1.54, 1.807) is 12.1 Å². The molecule has 0 saturated carbocycles. The van der Waals surface area contributed by atoms with E-state index in [4.69, 9.17) is 16.7 Å². The van der Waals surface area contributed by atoms with Crippen LogP contribution in [0.25, 0.3) is 5.57 Å². The average Bonchev–Trinajstić information content (AvgIpc) is 2.80. The SMILES string of the molecule is O=C(O)/C=C(\c1ccc(Cl)cc1)c1cccs1. The zero-order valence-corrected chi connectivity index (χ0v) is 10.3. The van der Waals surface area contributed by atoms with Crippen LogP contribution >= 0.6 is 22.9 Å². The van der Waals surface area contributed by atoms with Gasteiger partial charge in [0, 0.05) is 21.5 Å². The number of benzene rings is 1. The highest BCUT2D eigenvalue weighted by Gasteiger charge is 2.08. The van der Waals surface area contributed by atoms with Crippen LogP contribution in [0.5, 0.6) is 0 Å². The van der Waals surface area contributed by atoms with Crippen molar-refractivity contribution in [3.63, 3.8) is 0 Å². The van der Waals surface area contributed by atoms with Gasteiger partial charge in [-0.05, 0) is 29.1 Å². The van der Waals surface area contributed by atoms with E-state index < -0.39 is 5.97 Å². The highest BCUT2D eigenvalue weighted by Crippen LogP contribution is 2.27. The summed E-state index contributed by atoms with van der Waals surface area (Å²) < 4.78 is 0. The maximum absolute atomic E-state index is 10.8. The molecule has 0 unspecified atom stereocenters. The third-order valence-electron chi connectivity index (χ3n) is 2.21. The summed E-state index contributed by atoms with van der Waals surface area (Å²) in [6.07, 6.45) is 1.22. The molecule has 17 heavy (non-hydrogen) atoms. The Balaban J connectivity index is 2.48. The fraction of sp³-hybridized carbons (Fsp3) is 0. The van der Waals surface area contributed by atoms with Crippen LogP contribution in [0.3, 0.4) is 0 Å². The van der Waals surface area contributed by atoms with Crippen LogP contribution in [0.2, 0.25) is 5.02 Å². The van der Waals surface area contributed by atoms with Crippen molar-refractivity contribution in [2.24, 2.45) is 0 Å². The third kappa shape index (κ3) is 2.96. The molecule has 2 nitrogen and oxygen atoms in total. The van der Waals surface area contributed by atoms with Gasteiger partial charge in [-0.1, -0.05) is 29.8 Å². The first-order valence-electron chi connectivity index (χ1n) is 4.91. The summed E-state index contributed by atoms with van der Waals surface area (Å²) in [5.74, 6) is -0.955. The highest BCUT2D eigenvalue weighted by atomic mass is 35.5. The Kier molecular flexibility index (Phi) is 3.61. The molecule has 0 bridgehead atoms. The minimum absolute atomic E-state index is 0.634. The topological polar surface area (TPSA) is 37.3 Å². The van der Waals surface area contributed by atoms with Gasteiger partial charge in [-0.25, -0.2) is 4.79 Å². The largest absolute Gasteiger partial charge is 0.478 e. The molecule has 1 N–H and O–H groups in total.